The normalized spacial score (nSPS) is 16.6. The first-order valence-electron chi connectivity index (χ1n) is 26.6. The number of nitrogens with one attached hydrogen (secondary N) is 2. The van der Waals surface area contributed by atoms with Crippen molar-refractivity contribution in [2.24, 2.45) is 11.1 Å². The number of hydrogen-bond acceptors (Lipinski definition) is 16. The average molecular weight is 1180 g/mol. The molecule has 1 aromatic heterocycles. The Hall–Kier alpha value is -6.13. The molecule has 1 saturated heterocycles. The highest BCUT2D eigenvalue weighted by Gasteiger charge is 2.48. The lowest BCUT2D eigenvalue weighted by Crippen LogP contribution is -2.57. The van der Waals surface area contributed by atoms with E-state index in [9.17, 15) is 43.2 Å². The quantitative estimate of drug-likeness (QED) is 0.0145. The van der Waals surface area contributed by atoms with E-state index in [1.807, 2.05) is 85.8 Å². The third-order valence-corrected chi connectivity index (χ3v) is 16.8. The molecule has 5 atom stereocenters. The lowest BCUT2D eigenvalue weighted by Gasteiger charge is -2.35. The Morgan fingerprint density at radius 2 is 1.48 bits per heavy atom. The van der Waals surface area contributed by atoms with Crippen LogP contribution in [0.3, 0.4) is 0 Å². The predicted octanol–water partition coefficient (Wildman–Crippen LogP) is 7.87. The maximum absolute atomic E-state index is 14.5. The van der Waals surface area contributed by atoms with Crippen LogP contribution < -0.4 is 21.1 Å². The Balaban J connectivity index is 0.942. The van der Waals surface area contributed by atoms with Gasteiger partial charge in [0.25, 0.3) is 0 Å². The molecule has 7 N–H and O–H groups in total. The van der Waals surface area contributed by atoms with Gasteiger partial charge in [0, 0.05) is 39.5 Å². The summed E-state index contributed by atoms with van der Waals surface area (Å²) in [6, 6.07) is 30.2. The van der Waals surface area contributed by atoms with E-state index < -0.39 is 70.1 Å². The second-order valence-corrected chi connectivity index (χ2v) is 24.0. The first-order valence-corrected chi connectivity index (χ1v) is 30.4. The molecule has 24 heteroatoms. The van der Waals surface area contributed by atoms with Crippen LogP contribution in [0.25, 0.3) is 21.6 Å². The summed E-state index contributed by atoms with van der Waals surface area (Å²) in [5.41, 5.74) is 14.1. The van der Waals surface area contributed by atoms with Crippen molar-refractivity contribution in [1.29, 1.82) is 0 Å². The zero-order valence-electron chi connectivity index (χ0n) is 46.5. The van der Waals surface area contributed by atoms with Crippen molar-refractivity contribution < 1.29 is 70.8 Å². The zero-order chi connectivity index (χ0) is 58.7. The van der Waals surface area contributed by atoms with E-state index >= 15 is 0 Å². The third-order valence-electron chi connectivity index (χ3n) is 13.1. The minimum absolute atomic E-state index is 0.0284. The molecule has 438 valence electrons. The molecule has 0 bridgehead atoms. The van der Waals surface area contributed by atoms with Gasteiger partial charge in [-0.25, -0.2) is 14.1 Å². The number of nitrogens with zero attached hydrogens (tertiary/aromatic N) is 3. The number of aryl methyl sites for hydroxylation is 1. The van der Waals surface area contributed by atoms with Crippen LogP contribution >= 0.6 is 27.0 Å². The van der Waals surface area contributed by atoms with Crippen LogP contribution in [0, 0.1) is 12.3 Å². The van der Waals surface area contributed by atoms with Crippen LogP contribution in [0.2, 0.25) is 0 Å². The Morgan fingerprint density at radius 1 is 0.840 bits per heavy atom. The van der Waals surface area contributed by atoms with Crippen molar-refractivity contribution in [2.45, 2.75) is 85.0 Å². The van der Waals surface area contributed by atoms with E-state index in [4.69, 9.17) is 24.5 Å². The lowest BCUT2D eigenvalue weighted by molar-refractivity contribution is -0.144. The Labute approximate surface area is 477 Å². The number of hydrogen-bond donors (Lipinski definition) is 6. The fourth-order valence-electron chi connectivity index (χ4n) is 8.89. The summed E-state index contributed by atoms with van der Waals surface area (Å²) >= 11 is 1.50. The molecule has 1 aliphatic rings. The van der Waals surface area contributed by atoms with Gasteiger partial charge in [-0.2, -0.15) is 4.31 Å². The number of aromatic nitrogens is 1. The third kappa shape index (κ3) is 19.5. The fourth-order valence-corrected chi connectivity index (χ4v) is 12.0. The second kappa shape index (κ2) is 30.3. The van der Waals surface area contributed by atoms with E-state index in [1.165, 1.54) is 16.9 Å². The summed E-state index contributed by atoms with van der Waals surface area (Å²) in [6.45, 7) is 9.17. The molecule has 0 spiro atoms. The van der Waals surface area contributed by atoms with Gasteiger partial charge in [-0.05, 0) is 82.0 Å². The largest absolute Gasteiger partial charge is 0.508 e. The van der Waals surface area contributed by atoms with Gasteiger partial charge in [-0.15, -0.1) is 11.3 Å². The maximum atomic E-state index is 14.5. The number of ether oxygens (including phenoxy) is 3. The van der Waals surface area contributed by atoms with Crippen molar-refractivity contribution >= 4 is 61.8 Å². The van der Waals surface area contributed by atoms with E-state index in [1.54, 1.807) is 50.4 Å². The summed E-state index contributed by atoms with van der Waals surface area (Å²) in [5.74, 6) is -1.13. The van der Waals surface area contributed by atoms with Gasteiger partial charge in [-0.3, -0.25) is 28.2 Å². The first-order chi connectivity index (χ1) is 38.6. The standard InChI is InChI=1S/C57H74N6O15P2S/c1-7-48(41-11-9-8-10-12-41)52(42-17-21-45(64)22-18-42)43-19-23-46(24-20-43)75-32-28-62(6)51(66)26-30-74-34-33-73-29-25-50(65)61-54(57(3,4)5)56(68)63-37-47(77-80(71,72)78-79(69,70)76-31-27-58)35-49(63)55(67)59-36-40-13-15-44(16-14-40)53-39(2)60-38-81-53/h8-24,38,47,49,54,64H,7,25-37,58H2,1-6H3,(H,59,67)(H,61,65)(H,69,70)(H,71,72)/b52-48+/t47-,49+,54-/m1/s1. The number of phenols is 1. The minimum Gasteiger partial charge on any atom is -0.508 e. The summed E-state index contributed by atoms with van der Waals surface area (Å²) in [7, 11) is -8.73. The molecule has 81 heavy (non-hydrogen) atoms. The number of likely N-dealkylation sites (N-methyl/N-ethyl adjacent to an activating group) is 1. The number of rotatable bonds is 30. The number of allylic oxidation sites excluding steroid dienone is 1. The number of nitrogens with two attached hydrogens (primary N) is 1. The van der Waals surface area contributed by atoms with Gasteiger partial charge < -0.3 is 55.3 Å². The van der Waals surface area contributed by atoms with Crippen LogP contribution in [0.5, 0.6) is 11.5 Å². The van der Waals surface area contributed by atoms with Crippen molar-refractivity contribution in [3.63, 3.8) is 0 Å². The van der Waals surface area contributed by atoms with Crippen molar-refractivity contribution in [1.82, 2.24) is 25.4 Å². The molecule has 0 saturated carbocycles. The van der Waals surface area contributed by atoms with Gasteiger partial charge in [0.15, 0.2) is 0 Å². The van der Waals surface area contributed by atoms with Gasteiger partial charge in [-0.1, -0.05) is 107 Å². The monoisotopic (exact) mass is 1180 g/mol. The summed E-state index contributed by atoms with van der Waals surface area (Å²) in [5, 5.41) is 15.6. The zero-order valence-corrected chi connectivity index (χ0v) is 49.1. The Bertz CT molecular complexity index is 2990. The smallest absolute Gasteiger partial charge is 0.481 e. The van der Waals surface area contributed by atoms with Crippen molar-refractivity contribution in [3.05, 3.63) is 137 Å². The molecule has 1 fully saturated rings. The number of amides is 4. The second-order valence-electron chi connectivity index (χ2n) is 20.2. The molecule has 0 radical (unpaired) electrons. The number of phosphoric ester groups is 2. The highest BCUT2D eigenvalue weighted by molar-refractivity contribution is 7.61. The number of carbonyl (C=O) groups is 4. The molecular weight excluding hydrogens is 1100 g/mol. The molecular formula is C57H74N6O15P2S. The molecule has 5 aromatic rings. The van der Waals surface area contributed by atoms with Gasteiger partial charge in [0.2, 0.25) is 23.6 Å². The van der Waals surface area contributed by atoms with Crippen LogP contribution in [-0.2, 0) is 57.7 Å². The average Bonchev–Trinajstić information content (AvgIpc) is 4.08. The lowest BCUT2D eigenvalue weighted by atomic mass is 9.85. The summed E-state index contributed by atoms with van der Waals surface area (Å²) < 4.78 is 56.8. The number of carbonyl (C=O) groups excluding carboxylic acids is 4. The maximum Gasteiger partial charge on any atom is 0.481 e. The van der Waals surface area contributed by atoms with E-state index in [-0.39, 0.29) is 77.0 Å². The predicted molar refractivity (Wildman–Crippen MR) is 307 cm³/mol. The summed E-state index contributed by atoms with van der Waals surface area (Å²) in [6.07, 6.45) is -0.876. The van der Waals surface area contributed by atoms with E-state index in [0.29, 0.717) is 12.3 Å². The highest BCUT2D eigenvalue weighted by Crippen LogP contribution is 2.61. The number of thiazole rings is 1. The number of aromatic hydroxyl groups is 1. The molecule has 6 rings (SSSR count). The minimum atomic E-state index is -5.32. The van der Waals surface area contributed by atoms with Crippen molar-refractivity contribution in [2.75, 3.05) is 66.3 Å². The van der Waals surface area contributed by atoms with Crippen LogP contribution in [0.4, 0.5) is 0 Å². The van der Waals surface area contributed by atoms with Gasteiger partial charge in [0.05, 0.1) is 68.2 Å². The fraction of sp³-hybridized carbons (Fsp3) is 0.421. The molecule has 4 aromatic carbocycles. The van der Waals surface area contributed by atoms with E-state index in [0.717, 1.165) is 55.3 Å². The number of benzene rings is 4. The Kier molecular flexibility index (Phi) is 23.9. The molecule has 21 nitrogen and oxygen atoms in total. The topological polar surface area (TPSA) is 288 Å². The highest BCUT2D eigenvalue weighted by atomic mass is 32.1. The first kappa shape index (κ1) is 64.0. The van der Waals surface area contributed by atoms with Crippen LogP contribution in [0.15, 0.2) is 109 Å². The SMILES string of the molecule is CC/C(=C(/c1ccc(O)cc1)c1ccc(OCCN(C)C(=O)CCOCCOCCC(=O)N[C@H](C(=O)N2C[C@H](OP(=O)(O)OP(=O)(O)OCCN)C[C@H]2C(=O)NCc2ccc(-c3scnc3C)cc2)C(C)(C)C)cc1)c1ccccc1. The van der Waals surface area contributed by atoms with Gasteiger partial charge in [0.1, 0.15) is 30.2 Å². The van der Waals surface area contributed by atoms with Gasteiger partial charge >= 0.3 is 15.6 Å². The molecule has 2 unspecified atom stereocenters. The summed E-state index contributed by atoms with van der Waals surface area (Å²) in [4.78, 5) is 83.1. The van der Waals surface area contributed by atoms with E-state index in [2.05, 4.69) is 43.5 Å². The number of phenolic OH excluding ortho intramolecular Hbond substituents is 1. The molecule has 2 heterocycles. The number of phosphoric acid groups is 2. The molecule has 1 aliphatic heterocycles. The Morgan fingerprint density at radius 3 is 2.09 bits per heavy atom. The van der Waals surface area contributed by atoms with Crippen molar-refractivity contribution in [3.8, 4) is 21.9 Å². The molecule has 0 aliphatic carbocycles. The van der Waals surface area contributed by atoms with Crippen LogP contribution in [-0.4, -0.2) is 138 Å². The van der Waals surface area contributed by atoms with Crippen LogP contribution in [0.1, 0.15) is 81.3 Å². The number of likely N-dealkylation sites (tertiary alicyclic amines) is 1. The molecule has 4 amide bonds.